The topological polar surface area (TPSA) is 46.2 Å². The first kappa shape index (κ1) is 11.4. The summed E-state index contributed by atoms with van der Waals surface area (Å²) in [5.41, 5.74) is 7.78. The minimum absolute atomic E-state index is 0.244. The van der Waals surface area contributed by atoms with Crippen LogP contribution in [0.25, 0.3) is 0 Å². The van der Waals surface area contributed by atoms with Crippen LogP contribution in [0.1, 0.15) is 12.5 Å². The molecule has 0 saturated carbocycles. The maximum Gasteiger partial charge on any atom is 0.0464 e. The van der Waals surface area contributed by atoms with E-state index in [1.807, 2.05) is 26.0 Å². The number of nitrogen functional groups attached to an aromatic ring is 1. The Morgan fingerprint density at radius 3 is 2.86 bits per heavy atom. The first-order chi connectivity index (χ1) is 6.65. The Hall–Kier alpha value is -0.670. The fourth-order valence-corrected chi connectivity index (χ4v) is 2.15. The molecule has 0 aliphatic rings. The maximum atomic E-state index is 8.90. The van der Waals surface area contributed by atoms with Crippen LogP contribution in [0.15, 0.2) is 23.1 Å². The van der Waals surface area contributed by atoms with Gasteiger partial charge in [-0.3, -0.25) is 0 Å². The van der Waals surface area contributed by atoms with Crippen molar-refractivity contribution in [2.75, 3.05) is 18.1 Å². The highest BCUT2D eigenvalue weighted by Crippen LogP contribution is 2.27. The lowest BCUT2D eigenvalue weighted by atomic mass is 10.2. The Balaban J connectivity index is 2.63. The molecular formula is C11H17NOS. The highest BCUT2D eigenvalue weighted by molar-refractivity contribution is 7.99. The van der Waals surface area contributed by atoms with Crippen molar-refractivity contribution in [2.24, 2.45) is 5.92 Å². The molecule has 14 heavy (non-hydrogen) atoms. The summed E-state index contributed by atoms with van der Waals surface area (Å²) in [6.45, 7) is 4.31. The lowest BCUT2D eigenvalue weighted by Crippen LogP contribution is -2.03. The van der Waals surface area contributed by atoms with Gasteiger partial charge in [0.15, 0.2) is 0 Å². The molecule has 1 aromatic rings. The second-order valence-corrected chi connectivity index (χ2v) is 4.63. The second kappa shape index (κ2) is 5.27. The molecule has 0 spiro atoms. The third kappa shape index (κ3) is 2.93. The predicted molar refractivity (Wildman–Crippen MR) is 62.6 cm³/mol. The molecule has 0 amide bonds. The quantitative estimate of drug-likeness (QED) is 0.593. The Kier molecular flexibility index (Phi) is 4.29. The van der Waals surface area contributed by atoms with E-state index in [9.17, 15) is 0 Å². The van der Waals surface area contributed by atoms with Gasteiger partial charge in [0.25, 0.3) is 0 Å². The third-order valence-corrected chi connectivity index (χ3v) is 3.65. The largest absolute Gasteiger partial charge is 0.398 e. The molecule has 0 radical (unpaired) electrons. The SMILES string of the molecule is Cc1c(N)cccc1SCC(C)CO. The molecule has 0 aliphatic carbocycles. The van der Waals surface area contributed by atoms with Crippen LogP contribution >= 0.6 is 11.8 Å². The van der Waals surface area contributed by atoms with Gasteiger partial charge in [-0.25, -0.2) is 0 Å². The monoisotopic (exact) mass is 211 g/mol. The van der Waals surface area contributed by atoms with E-state index in [0.29, 0.717) is 5.92 Å². The highest BCUT2D eigenvalue weighted by atomic mass is 32.2. The molecule has 0 bridgehead atoms. The van der Waals surface area contributed by atoms with Gasteiger partial charge >= 0.3 is 0 Å². The van der Waals surface area contributed by atoms with Crippen LogP contribution in [0, 0.1) is 12.8 Å². The summed E-state index contributed by atoms with van der Waals surface area (Å²) in [5.74, 6) is 1.27. The van der Waals surface area contributed by atoms with E-state index < -0.39 is 0 Å². The third-order valence-electron chi connectivity index (χ3n) is 2.16. The highest BCUT2D eigenvalue weighted by Gasteiger charge is 2.04. The molecule has 3 heteroatoms. The number of hydrogen-bond donors (Lipinski definition) is 2. The zero-order chi connectivity index (χ0) is 10.6. The fourth-order valence-electron chi connectivity index (χ4n) is 1.07. The summed E-state index contributed by atoms with van der Waals surface area (Å²) in [5, 5.41) is 8.90. The lowest BCUT2D eigenvalue weighted by molar-refractivity contribution is 0.250. The first-order valence-electron chi connectivity index (χ1n) is 4.74. The van der Waals surface area contributed by atoms with Crippen molar-refractivity contribution in [3.05, 3.63) is 23.8 Å². The molecule has 0 aliphatic heterocycles. The van der Waals surface area contributed by atoms with E-state index in [-0.39, 0.29) is 6.61 Å². The van der Waals surface area contributed by atoms with Crippen LogP contribution in [0.4, 0.5) is 5.69 Å². The molecule has 78 valence electrons. The predicted octanol–water partition coefficient (Wildman–Crippen LogP) is 2.30. The van der Waals surface area contributed by atoms with E-state index in [4.69, 9.17) is 10.8 Å². The average molecular weight is 211 g/mol. The first-order valence-corrected chi connectivity index (χ1v) is 5.72. The van der Waals surface area contributed by atoms with Crippen LogP contribution < -0.4 is 5.73 Å². The van der Waals surface area contributed by atoms with Gasteiger partial charge in [0.1, 0.15) is 0 Å². The molecule has 0 saturated heterocycles. The Bertz CT molecular complexity index is 301. The molecule has 0 aromatic heterocycles. The molecule has 1 atom stereocenters. The van der Waals surface area contributed by atoms with Crippen molar-refractivity contribution in [2.45, 2.75) is 18.7 Å². The zero-order valence-electron chi connectivity index (χ0n) is 8.66. The van der Waals surface area contributed by atoms with Gasteiger partial charge in [0.2, 0.25) is 0 Å². The minimum Gasteiger partial charge on any atom is -0.398 e. The van der Waals surface area contributed by atoms with Crippen molar-refractivity contribution >= 4 is 17.4 Å². The average Bonchev–Trinajstić information content (AvgIpc) is 2.20. The van der Waals surface area contributed by atoms with Crippen LogP contribution in [-0.4, -0.2) is 17.5 Å². The lowest BCUT2D eigenvalue weighted by Gasteiger charge is -2.10. The van der Waals surface area contributed by atoms with Crippen molar-refractivity contribution in [1.29, 1.82) is 0 Å². The van der Waals surface area contributed by atoms with E-state index in [0.717, 1.165) is 17.0 Å². The van der Waals surface area contributed by atoms with Crippen LogP contribution in [-0.2, 0) is 0 Å². The molecule has 0 fully saturated rings. The number of rotatable bonds is 4. The maximum absolute atomic E-state index is 8.90. The van der Waals surface area contributed by atoms with Crippen molar-refractivity contribution in [3.63, 3.8) is 0 Å². The smallest absolute Gasteiger partial charge is 0.0464 e. The summed E-state index contributed by atoms with van der Waals surface area (Å²) < 4.78 is 0. The molecule has 1 unspecified atom stereocenters. The van der Waals surface area contributed by atoms with Gasteiger partial charge in [0, 0.05) is 22.9 Å². The summed E-state index contributed by atoms with van der Waals surface area (Å²) in [6, 6.07) is 5.95. The molecular weight excluding hydrogens is 194 g/mol. The summed E-state index contributed by atoms with van der Waals surface area (Å²) in [4.78, 5) is 1.21. The number of nitrogens with two attached hydrogens (primary N) is 1. The summed E-state index contributed by atoms with van der Waals surface area (Å²) >= 11 is 1.75. The van der Waals surface area contributed by atoms with Crippen LogP contribution in [0.3, 0.4) is 0 Å². The number of aliphatic hydroxyl groups excluding tert-OH is 1. The molecule has 0 heterocycles. The molecule has 1 aromatic carbocycles. The standard InChI is InChI=1S/C11H17NOS/c1-8(6-13)7-14-11-5-3-4-10(12)9(11)2/h3-5,8,13H,6-7,12H2,1-2H3. The Morgan fingerprint density at radius 2 is 2.21 bits per heavy atom. The molecule has 2 nitrogen and oxygen atoms in total. The normalized spacial score (nSPS) is 12.8. The fraction of sp³-hybridized carbons (Fsp3) is 0.455. The summed E-state index contributed by atoms with van der Waals surface area (Å²) in [6.07, 6.45) is 0. The number of aliphatic hydroxyl groups is 1. The van der Waals surface area contributed by atoms with Gasteiger partial charge in [-0.2, -0.15) is 0 Å². The van der Waals surface area contributed by atoms with Gasteiger partial charge in [0.05, 0.1) is 0 Å². The molecule has 3 N–H and O–H groups in total. The van der Waals surface area contributed by atoms with E-state index in [1.165, 1.54) is 4.90 Å². The zero-order valence-corrected chi connectivity index (χ0v) is 9.47. The van der Waals surface area contributed by atoms with Gasteiger partial charge in [-0.1, -0.05) is 13.0 Å². The van der Waals surface area contributed by atoms with Gasteiger partial charge < -0.3 is 10.8 Å². The number of benzene rings is 1. The van der Waals surface area contributed by atoms with E-state index >= 15 is 0 Å². The second-order valence-electron chi connectivity index (χ2n) is 3.57. The Labute approximate surface area is 89.5 Å². The van der Waals surface area contributed by atoms with Crippen molar-refractivity contribution in [3.8, 4) is 0 Å². The van der Waals surface area contributed by atoms with Gasteiger partial charge in [-0.05, 0) is 30.5 Å². The molecule has 1 rings (SSSR count). The van der Waals surface area contributed by atoms with Gasteiger partial charge in [-0.15, -0.1) is 11.8 Å². The van der Waals surface area contributed by atoms with Crippen LogP contribution in [0.2, 0.25) is 0 Å². The Morgan fingerprint density at radius 1 is 1.50 bits per heavy atom. The number of anilines is 1. The van der Waals surface area contributed by atoms with Crippen molar-refractivity contribution in [1.82, 2.24) is 0 Å². The van der Waals surface area contributed by atoms with E-state index in [2.05, 4.69) is 6.07 Å². The minimum atomic E-state index is 0.244. The van der Waals surface area contributed by atoms with Crippen LogP contribution in [0.5, 0.6) is 0 Å². The summed E-state index contributed by atoms with van der Waals surface area (Å²) in [7, 11) is 0. The van der Waals surface area contributed by atoms with Crippen molar-refractivity contribution < 1.29 is 5.11 Å². The number of hydrogen-bond acceptors (Lipinski definition) is 3. The van der Waals surface area contributed by atoms with E-state index in [1.54, 1.807) is 11.8 Å². The number of thioether (sulfide) groups is 1.